The van der Waals surface area contributed by atoms with E-state index in [1.54, 1.807) is 42.6 Å². The first kappa shape index (κ1) is 30.7. The molecule has 3 aromatic rings. The summed E-state index contributed by atoms with van der Waals surface area (Å²) in [6.07, 6.45) is 1.98. The average Bonchev–Trinajstić information content (AvgIpc) is 2.93. The molecule has 11 nitrogen and oxygen atoms in total. The second-order valence-corrected chi connectivity index (χ2v) is 11.1. The van der Waals surface area contributed by atoms with E-state index in [1.165, 1.54) is 24.3 Å². The minimum absolute atomic E-state index is 0.0228. The Hall–Kier alpha value is -3.84. The fourth-order valence-corrected chi connectivity index (χ4v) is 5.38. The van der Waals surface area contributed by atoms with Crippen molar-refractivity contribution < 1.29 is 27.9 Å². The number of amides is 2. The lowest BCUT2D eigenvalue weighted by atomic mass is 10.1. The van der Waals surface area contributed by atoms with Gasteiger partial charge in [0.15, 0.2) is 0 Å². The molecule has 1 aromatic heterocycles. The van der Waals surface area contributed by atoms with Crippen LogP contribution in [0.4, 0.5) is 0 Å². The second kappa shape index (κ2) is 14.5. The van der Waals surface area contributed by atoms with E-state index >= 15 is 0 Å². The molecule has 0 aliphatic heterocycles. The Morgan fingerprint density at radius 1 is 1.00 bits per heavy atom. The number of carbonyl (C=O) groups excluding carboxylic acids is 2. The van der Waals surface area contributed by atoms with Gasteiger partial charge in [0, 0.05) is 30.0 Å². The molecule has 2 aromatic carbocycles. The molecular formula is C27H30ClN5O6S. The summed E-state index contributed by atoms with van der Waals surface area (Å²) < 4.78 is 28.2. The molecule has 0 radical (unpaired) electrons. The van der Waals surface area contributed by atoms with Gasteiger partial charge in [0.1, 0.15) is 6.04 Å². The minimum Gasteiger partial charge on any atom is -0.478 e. The summed E-state index contributed by atoms with van der Waals surface area (Å²) in [5.41, 5.74) is 8.32. The smallest absolute Gasteiger partial charge is 0.335 e. The van der Waals surface area contributed by atoms with Crippen LogP contribution in [0.2, 0.25) is 5.02 Å². The van der Waals surface area contributed by atoms with Crippen LogP contribution in [0, 0.1) is 0 Å². The van der Waals surface area contributed by atoms with Crippen LogP contribution in [0.15, 0.2) is 66.9 Å². The summed E-state index contributed by atoms with van der Waals surface area (Å²) in [6.45, 7) is 0.0366. The van der Waals surface area contributed by atoms with E-state index in [-0.39, 0.29) is 31.6 Å². The fraction of sp³-hybridized carbons (Fsp3) is 0.259. The van der Waals surface area contributed by atoms with Crippen LogP contribution >= 0.6 is 11.6 Å². The van der Waals surface area contributed by atoms with Crippen LogP contribution in [0.25, 0.3) is 0 Å². The number of carbonyl (C=O) groups is 3. The number of nitrogens with zero attached hydrogens (tertiary/aromatic N) is 1. The van der Waals surface area contributed by atoms with E-state index in [2.05, 4.69) is 20.3 Å². The van der Waals surface area contributed by atoms with Gasteiger partial charge >= 0.3 is 5.97 Å². The molecular weight excluding hydrogens is 558 g/mol. The molecule has 1 unspecified atom stereocenters. The first-order valence-corrected chi connectivity index (χ1v) is 14.3. The number of hydrogen-bond acceptors (Lipinski definition) is 7. The van der Waals surface area contributed by atoms with Crippen LogP contribution in [-0.4, -0.2) is 48.9 Å². The molecule has 0 spiro atoms. The van der Waals surface area contributed by atoms with Crippen molar-refractivity contribution in [1.29, 1.82) is 0 Å². The number of rotatable bonds is 14. The third kappa shape index (κ3) is 9.72. The Labute approximate surface area is 237 Å². The van der Waals surface area contributed by atoms with Gasteiger partial charge in [-0.15, -0.1) is 0 Å². The Morgan fingerprint density at radius 2 is 1.75 bits per heavy atom. The van der Waals surface area contributed by atoms with Gasteiger partial charge in [-0.1, -0.05) is 35.9 Å². The van der Waals surface area contributed by atoms with Crippen molar-refractivity contribution in [3.05, 3.63) is 99.8 Å². The summed E-state index contributed by atoms with van der Waals surface area (Å²) in [5.74, 6) is -2.76. The van der Waals surface area contributed by atoms with Gasteiger partial charge in [-0.3, -0.25) is 14.6 Å². The Bertz CT molecular complexity index is 1440. The number of nitrogens with two attached hydrogens (primary N) is 1. The summed E-state index contributed by atoms with van der Waals surface area (Å²) in [5, 5.41) is 14.7. The highest BCUT2D eigenvalue weighted by Crippen LogP contribution is 2.16. The highest BCUT2D eigenvalue weighted by molar-refractivity contribution is 7.88. The maximum atomic E-state index is 13.0. The number of aryl methyl sites for hydroxylation is 1. The normalized spacial score (nSPS) is 11.9. The molecule has 6 N–H and O–H groups in total. The van der Waals surface area contributed by atoms with E-state index in [0.29, 0.717) is 22.7 Å². The standard InChI is InChI=1S/C27H30ClN5O6S/c28-22-9-8-20(14-29)21(13-22)15-31-25(34)16-32-26(35)24(11-10-23-3-1-2-12-30-23)33-40(38,39)17-18-4-6-19(7-5-18)27(36)37/h1-9,12-13,24,33H,10-11,14-17,29H2,(H,31,34)(H,32,35)(H,36,37). The van der Waals surface area contributed by atoms with E-state index in [9.17, 15) is 22.8 Å². The van der Waals surface area contributed by atoms with Crippen molar-refractivity contribution >= 4 is 39.4 Å². The number of pyridine rings is 1. The molecule has 3 rings (SSSR count). The molecule has 13 heteroatoms. The van der Waals surface area contributed by atoms with Gasteiger partial charge in [-0.25, -0.2) is 17.9 Å². The molecule has 40 heavy (non-hydrogen) atoms. The molecule has 1 heterocycles. The van der Waals surface area contributed by atoms with E-state index < -0.39 is 39.6 Å². The number of aromatic nitrogens is 1. The number of carboxylic acids is 1. The van der Waals surface area contributed by atoms with Crippen molar-refractivity contribution in [2.45, 2.75) is 37.7 Å². The Morgan fingerprint density at radius 3 is 2.40 bits per heavy atom. The van der Waals surface area contributed by atoms with Crippen molar-refractivity contribution in [2.75, 3.05) is 6.54 Å². The van der Waals surface area contributed by atoms with Crippen molar-refractivity contribution in [3.63, 3.8) is 0 Å². The van der Waals surface area contributed by atoms with Crippen LogP contribution < -0.4 is 21.1 Å². The van der Waals surface area contributed by atoms with Crippen LogP contribution in [0.3, 0.4) is 0 Å². The predicted octanol–water partition coefficient (Wildman–Crippen LogP) is 1.75. The Kier molecular flexibility index (Phi) is 11.1. The third-order valence-electron chi connectivity index (χ3n) is 5.90. The lowest BCUT2D eigenvalue weighted by Crippen LogP contribution is -2.49. The first-order valence-electron chi connectivity index (χ1n) is 12.3. The number of hydrogen-bond donors (Lipinski definition) is 5. The first-order chi connectivity index (χ1) is 19.1. The topological polar surface area (TPSA) is 181 Å². The molecule has 0 saturated heterocycles. The van der Waals surface area contributed by atoms with Crippen LogP contribution in [0.1, 0.15) is 39.2 Å². The number of sulfonamides is 1. The molecule has 0 aliphatic carbocycles. The molecule has 0 bridgehead atoms. The summed E-state index contributed by atoms with van der Waals surface area (Å²) in [6, 6.07) is 14.7. The van der Waals surface area contributed by atoms with Crippen molar-refractivity contribution in [3.8, 4) is 0 Å². The second-order valence-electron chi connectivity index (χ2n) is 8.90. The number of halogens is 1. The van der Waals surface area contributed by atoms with Crippen LogP contribution in [-0.2, 0) is 44.9 Å². The summed E-state index contributed by atoms with van der Waals surface area (Å²) >= 11 is 6.03. The number of benzene rings is 2. The molecule has 0 fully saturated rings. The average molecular weight is 588 g/mol. The van der Waals surface area contributed by atoms with Crippen molar-refractivity contribution in [2.24, 2.45) is 5.73 Å². The molecule has 212 valence electrons. The lowest BCUT2D eigenvalue weighted by Gasteiger charge is -2.19. The van der Waals surface area contributed by atoms with Gasteiger partial charge in [0.2, 0.25) is 21.8 Å². The van der Waals surface area contributed by atoms with E-state index in [4.69, 9.17) is 22.4 Å². The van der Waals surface area contributed by atoms with Crippen molar-refractivity contribution in [1.82, 2.24) is 20.3 Å². The minimum atomic E-state index is -4.02. The maximum absolute atomic E-state index is 13.0. The SMILES string of the molecule is NCc1ccc(Cl)cc1CNC(=O)CNC(=O)C(CCc1ccccn1)NS(=O)(=O)Cc1ccc(C(=O)O)cc1. The van der Waals surface area contributed by atoms with E-state index in [1.807, 2.05) is 0 Å². The lowest BCUT2D eigenvalue weighted by molar-refractivity contribution is -0.127. The summed E-state index contributed by atoms with van der Waals surface area (Å²) in [7, 11) is -4.02. The van der Waals surface area contributed by atoms with Gasteiger partial charge < -0.3 is 21.5 Å². The van der Waals surface area contributed by atoms with Gasteiger partial charge in [0.05, 0.1) is 17.9 Å². The molecule has 1 atom stereocenters. The number of carboxylic acid groups (broad SMARTS) is 1. The maximum Gasteiger partial charge on any atom is 0.335 e. The number of nitrogens with one attached hydrogen (secondary N) is 3. The zero-order valence-corrected chi connectivity index (χ0v) is 23.0. The van der Waals surface area contributed by atoms with Crippen LogP contribution in [0.5, 0.6) is 0 Å². The molecule has 2 amide bonds. The van der Waals surface area contributed by atoms with Gasteiger partial charge in [-0.2, -0.15) is 0 Å². The predicted molar refractivity (Wildman–Crippen MR) is 150 cm³/mol. The largest absolute Gasteiger partial charge is 0.478 e. The zero-order chi connectivity index (χ0) is 29.1. The molecule has 0 aliphatic rings. The zero-order valence-electron chi connectivity index (χ0n) is 21.5. The highest BCUT2D eigenvalue weighted by atomic mass is 35.5. The van der Waals surface area contributed by atoms with E-state index in [0.717, 1.165) is 11.1 Å². The van der Waals surface area contributed by atoms with Gasteiger partial charge in [0.25, 0.3) is 0 Å². The summed E-state index contributed by atoms with van der Waals surface area (Å²) in [4.78, 5) is 40.7. The third-order valence-corrected chi connectivity index (χ3v) is 7.49. The number of aromatic carboxylic acids is 1. The van der Waals surface area contributed by atoms with Gasteiger partial charge in [-0.05, 0) is 65.9 Å². The fourth-order valence-electron chi connectivity index (χ4n) is 3.81. The molecule has 0 saturated carbocycles. The Balaban J connectivity index is 1.63. The quantitative estimate of drug-likeness (QED) is 0.189. The monoisotopic (exact) mass is 587 g/mol. The highest BCUT2D eigenvalue weighted by Gasteiger charge is 2.25.